The van der Waals surface area contributed by atoms with Gasteiger partial charge in [-0.15, -0.1) is 0 Å². The summed E-state index contributed by atoms with van der Waals surface area (Å²) in [4.78, 5) is 53.0. The summed E-state index contributed by atoms with van der Waals surface area (Å²) in [6.45, 7) is 0.761. The molecule has 0 heterocycles. The smallest absolute Gasteiger partial charge is 0.255 e. The van der Waals surface area contributed by atoms with Gasteiger partial charge in [0, 0.05) is 11.5 Å². The molecule has 0 bridgehead atoms. The summed E-state index contributed by atoms with van der Waals surface area (Å²) in [5.74, 6) is -6.97. The lowest BCUT2D eigenvalue weighted by Gasteiger charge is -2.50. The highest BCUT2D eigenvalue weighted by atomic mass is 16.3. The van der Waals surface area contributed by atoms with Crippen molar-refractivity contribution in [3.8, 4) is 5.75 Å². The van der Waals surface area contributed by atoms with Crippen LogP contribution < -0.4 is 16.4 Å². The zero-order valence-corrected chi connectivity index (χ0v) is 22.4. The zero-order chi connectivity index (χ0) is 29.1. The highest BCUT2D eigenvalue weighted by Gasteiger charge is 2.64. The molecular weight excluding hydrogens is 520 g/mol. The Morgan fingerprint density at radius 3 is 2.45 bits per heavy atom. The fourth-order valence-electron chi connectivity index (χ4n) is 6.60. The molecule has 8 N–H and O–H groups in total. The van der Waals surface area contributed by atoms with Gasteiger partial charge in [0.25, 0.3) is 5.91 Å². The molecular formula is C28H34N4O8. The second kappa shape index (κ2) is 10.0. The number of hydrogen-bond donors (Lipinski definition) is 7. The van der Waals surface area contributed by atoms with Gasteiger partial charge in [0.2, 0.25) is 11.7 Å². The average Bonchev–Trinajstić information content (AvgIpc) is 2.84. The van der Waals surface area contributed by atoms with E-state index in [-0.39, 0.29) is 36.2 Å². The predicted octanol–water partition coefficient (Wildman–Crippen LogP) is 0.292. The normalized spacial score (nSPS) is 28.1. The van der Waals surface area contributed by atoms with Crippen LogP contribution in [0.3, 0.4) is 0 Å². The summed E-state index contributed by atoms with van der Waals surface area (Å²) in [6.07, 6.45) is 3.65. The van der Waals surface area contributed by atoms with Crippen LogP contribution in [-0.4, -0.2) is 87.5 Å². The van der Waals surface area contributed by atoms with E-state index in [1.54, 1.807) is 20.2 Å². The molecule has 1 aromatic rings. The van der Waals surface area contributed by atoms with Gasteiger partial charge in [-0.1, -0.05) is 12.5 Å². The van der Waals surface area contributed by atoms with Gasteiger partial charge < -0.3 is 36.8 Å². The molecule has 1 aromatic carbocycles. The van der Waals surface area contributed by atoms with Crippen molar-refractivity contribution in [1.29, 1.82) is 0 Å². The molecule has 214 valence electrons. The maximum atomic E-state index is 13.9. The number of phenols is 1. The number of ketones is 2. The van der Waals surface area contributed by atoms with Crippen molar-refractivity contribution in [2.45, 2.75) is 43.7 Å². The number of nitrogens with two attached hydrogens (primary N) is 1. The second-order valence-electron chi connectivity index (χ2n) is 11.4. The van der Waals surface area contributed by atoms with Crippen LogP contribution >= 0.6 is 0 Å². The number of carbonyl (C=O) groups is 4. The molecule has 0 aliphatic heterocycles. The van der Waals surface area contributed by atoms with Gasteiger partial charge in [0.05, 0.1) is 23.8 Å². The van der Waals surface area contributed by atoms with E-state index in [9.17, 15) is 39.6 Å². The Labute approximate surface area is 230 Å². The molecule has 5 rings (SSSR count). The maximum Gasteiger partial charge on any atom is 0.255 e. The van der Waals surface area contributed by atoms with Crippen molar-refractivity contribution in [1.82, 2.24) is 10.2 Å². The molecule has 4 aliphatic rings. The SMILES string of the molecule is CN(C)[C@@H]1C(=O)C(C(N)=O)=C(O)[C@@]2(O)C(=O)C3=C(O)c4c(ccc(NC(=O)CNCC5CCC5)c4O)CC3CC12. The Balaban J connectivity index is 1.50. The van der Waals surface area contributed by atoms with Crippen LogP contribution in [0.15, 0.2) is 29.0 Å². The monoisotopic (exact) mass is 554 g/mol. The summed E-state index contributed by atoms with van der Waals surface area (Å²) in [6, 6.07) is 2.00. The molecule has 0 saturated heterocycles. The number of aromatic hydroxyl groups is 1. The van der Waals surface area contributed by atoms with Crippen molar-refractivity contribution in [2.24, 2.45) is 23.5 Å². The Hall–Kier alpha value is -3.74. The summed E-state index contributed by atoms with van der Waals surface area (Å²) in [5, 5.41) is 50.6. The van der Waals surface area contributed by atoms with Crippen LogP contribution in [0, 0.1) is 17.8 Å². The number of anilines is 1. The Kier molecular flexibility index (Phi) is 6.97. The largest absolute Gasteiger partial charge is 0.508 e. The molecule has 12 heteroatoms. The van der Waals surface area contributed by atoms with E-state index in [1.165, 1.54) is 17.4 Å². The summed E-state index contributed by atoms with van der Waals surface area (Å²) >= 11 is 0. The van der Waals surface area contributed by atoms with E-state index in [1.807, 2.05) is 0 Å². The lowest BCUT2D eigenvalue weighted by Crippen LogP contribution is -2.65. The minimum absolute atomic E-state index is 0.0116. The zero-order valence-electron chi connectivity index (χ0n) is 22.4. The van der Waals surface area contributed by atoms with Crippen LogP contribution in [0.2, 0.25) is 0 Å². The fourth-order valence-corrected chi connectivity index (χ4v) is 6.60. The first-order valence-electron chi connectivity index (χ1n) is 13.4. The third kappa shape index (κ3) is 4.18. The number of rotatable bonds is 7. The minimum atomic E-state index is -2.70. The molecule has 2 amide bonds. The number of nitrogens with zero attached hydrogens (tertiary/aromatic N) is 1. The van der Waals surface area contributed by atoms with Gasteiger partial charge >= 0.3 is 0 Å². The molecule has 40 heavy (non-hydrogen) atoms. The third-order valence-corrected chi connectivity index (χ3v) is 8.81. The number of fused-ring (bicyclic) bond motifs is 3. The average molecular weight is 555 g/mol. The summed E-state index contributed by atoms with van der Waals surface area (Å²) in [5.41, 5.74) is 2.01. The first kappa shape index (κ1) is 27.8. The topological polar surface area (TPSA) is 203 Å². The Bertz CT molecular complexity index is 1380. The molecule has 2 unspecified atom stereocenters. The molecule has 4 atom stereocenters. The maximum absolute atomic E-state index is 13.9. The van der Waals surface area contributed by atoms with Gasteiger partial charge in [-0.25, -0.2) is 0 Å². The van der Waals surface area contributed by atoms with E-state index in [4.69, 9.17) is 5.73 Å². The van der Waals surface area contributed by atoms with Gasteiger partial charge in [0.1, 0.15) is 22.8 Å². The third-order valence-electron chi connectivity index (χ3n) is 8.81. The standard InChI is InChI=1S/C28H34N4O8/c1-32(2)21-15-9-14-8-13-6-7-16(31-17(33)11-30-10-12-4-3-5-12)22(34)18(13)23(35)19(14)25(37)28(15,40)26(38)20(24(21)36)27(29)39/h6-7,12,14-15,21,30,34-35,38,40H,3-5,8-11H2,1-2H3,(H2,29,39)(H,31,33)/t14?,15?,21-,28-/m0/s1. The number of hydrogen-bond acceptors (Lipinski definition) is 10. The van der Waals surface area contributed by atoms with Crippen molar-refractivity contribution in [3.63, 3.8) is 0 Å². The number of primary amides is 1. The van der Waals surface area contributed by atoms with Gasteiger partial charge in [0.15, 0.2) is 11.4 Å². The van der Waals surface area contributed by atoms with Crippen LogP contribution in [0.1, 0.15) is 36.8 Å². The van der Waals surface area contributed by atoms with E-state index in [0.29, 0.717) is 11.5 Å². The van der Waals surface area contributed by atoms with E-state index in [0.717, 1.165) is 19.4 Å². The molecule has 0 radical (unpaired) electrons. The van der Waals surface area contributed by atoms with Crippen molar-refractivity contribution in [2.75, 3.05) is 32.5 Å². The van der Waals surface area contributed by atoms with Crippen LogP contribution in [0.25, 0.3) is 5.76 Å². The molecule has 0 aromatic heterocycles. The Morgan fingerprint density at radius 1 is 1.15 bits per heavy atom. The number of Topliss-reactive ketones (excluding diaryl/α,β-unsaturated/α-hetero) is 2. The minimum Gasteiger partial charge on any atom is -0.508 e. The first-order valence-corrected chi connectivity index (χ1v) is 13.4. The van der Waals surface area contributed by atoms with Crippen LogP contribution in [-0.2, 0) is 25.6 Å². The molecule has 12 nitrogen and oxygen atoms in total. The highest BCUT2D eigenvalue weighted by Crippen LogP contribution is 2.53. The second-order valence-corrected chi connectivity index (χ2v) is 11.4. The van der Waals surface area contributed by atoms with Gasteiger partial charge in [-0.2, -0.15) is 0 Å². The summed E-state index contributed by atoms with van der Waals surface area (Å²) in [7, 11) is 3.09. The number of aliphatic hydroxyl groups excluding tert-OH is 2. The van der Waals surface area contributed by atoms with Gasteiger partial charge in [-0.3, -0.25) is 24.1 Å². The number of benzene rings is 1. The molecule has 0 spiro atoms. The van der Waals surface area contributed by atoms with Crippen molar-refractivity contribution < 1.29 is 39.6 Å². The predicted molar refractivity (Wildman–Crippen MR) is 143 cm³/mol. The lowest BCUT2D eigenvalue weighted by molar-refractivity contribution is -0.153. The number of nitrogens with one attached hydrogen (secondary N) is 2. The van der Waals surface area contributed by atoms with E-state index in [2.05, 4.69) is 10.6 Å². The number of aliphatic hydroxyl groups is 3. The number of carbonyl (C=O) groups excluding carboxylic acids is 4. The van der Waals surface area contributed by atoms with Crippen molar-refractivity contribution in [3.05, 3.63) is 40.2 Å². The molecule has 4 aliphatic carbocycles. The Morgan fingerprint density at radius 2 is 1.85 bits per heavy atom. The van der Waals surface area contributed by atoms with Crippen molar-refractivity contribution >= 4 is 34.8 Å². The van der Waals surface area contributed by atoms with E-state index < -0.39 is 69.7 Å². The summed E-state index contributed by atoms with van der Waals surface area (Å²) < 4.78 is 0. The highest BCUT2D eigenvalue weighted by molar-refractivity contribution is 6.24. The number of amides is 2. The fraction of sp³-hybridized carbons (Fsp3) is 0.500. The quantitative estimate of drug-likeness (QED) is 0.181. The molecule has 2 saturated carbocycles. The molecule has 2 fully saturated rings. The number of phenolic OH excluding ortho intramolecular Hbond substituents is 1. The van der Waals surface area contributed by atoms with Gasteiger partial charge in [-0.05, 0) is 69.8 Å². The number of likely N-dealkylation sites (N-methyl/N-ethyl adjacent to an activating group) is 1. The first-order chi connectivity index (χ1) is 18.9. The van der Waals surface area contributed by atoms with Crippen LogP contribution in [0.4, 0.5) is 5.69 Å². The van der Waals surface area contributed by atoms with E-state index >= 15 is 0 Å². The lowest BCUT2D eigenvalue weighted by atomic mass is 9.57. The van der Waals surface area contributed by atoms with Crippen LogP contribution in [0.5, 0.6) is 5.75 Å².